The first-order valence-corrected chi connectivity index (χ1v) is 7.93. The van der Waals surface area contributed by atoms with Crippen LogP contribution in [0.25, 0.3) is 0 Å². The number of hydrogen-bond donors (Lipinski definition) is 0. The molecule has 1 aromatic rings. The van der Waals surface area contributed by atoms with Crippen molar-refractivity contribution in [3.05, 3.63) is 29.8 Å². The first-order chi connectivity index (χ1) is 8.87. The fourth-order valence-corrected chi connectivity index (χ4v) is 2.17. The summed E-state index contributed by atoms with van der Waals surface area (Å²) in [6, 6.07) is 7.85. The Morgan fingerprint density at radius 1 is 1.37 bits per heavy atom. The summed E-state index contributed by atoms with van der Waals surface area (Å²) in [7, 11) is 0.512. The molecule has 106 valence electrons. The van der Waals surface area contributed by atoms with Crippen molar-refractivity contribution in [2.45, 2.75) is 37.9 Å². The molecule has 0 fully saturated rings. The molecule has 0 amide bonds. The molecule has 0 aliphatic carbocycles. The van der Waals surface area contributed by atoms with Crippen molar-refractivity contribution in [3.8, 4) is 5.75 Å². The van der Waals surface area contributed by atoms with Crippen LogP contribution < -0.4 is 4.74 Å². The molecule has 1 unspecified atom stereocenters. The summed E-state index contributed by atoms with van der Waals surface area (Å²) >= 11 is 0. The zero-order valence-electron chi connectivity index (χ0n) is 12.1. The van der Waals surface area contributed by atoms with E-state index in [-0.39, 0.29) is 5.78 Å². The predicted octanol–water partition coefficient (Wildman–Crippen LogP) is 2.74. The molecule has 0 aliphatic heterocycles. The maximum atomic E-state index is 12.0. The van der Waals surface area contributed by atoms with Crippen LogP contribution in [0.2, 0.25) is 0 Å². The fraction of sp³-hybridized carbons (Fsp3) is 0.533. The molecule has 0 aromatic heterocycles. The first-order valence-electron chi connectivity index (χ1n) is 6.37. The highest BCUT2D eigenvalue weighted by Crippen LogP contribution is 2.18. The van der Waals surface area contributed by atoms with Crippen LogP contribution in [-0.2, 0) is 22.0 Å². The van der Waals surface area contributed by atoms with Gasteiger partial charge in [0.2, 0.25) is 0 Å². The Bertz CT molecular complexity index is 466. The van der Waals surface area contributed by atoms with Crippen LogP contribution in [0.4, 0.5) is 0 Å². The van der Waals surface area contributed by atoms with Crippen molar-refractivity contribution in [2.75, 3.05) is 13.4 Å². The van der Waals surface area contributed by atoms with E-state index in [1.807, 2.05) is 24.3 Å². The minimum Gasteiger partial charge on any atom is -0.497 e. The van der Waals surface area contributed by atoms with Gasteiger partial charge < -0.3 is 4.74 Å². The lowest BCUT2D eigenvalue weighted by Crippen LogP contribution is -2.35. The lowest BCUT2D eigenvalue weighted by molar-refractivity contribution is -0.120. The Morgan fingerprint density at radius 2 is 2.05 bits per heavy atom. The van der Waals surface area contributed by atoms with E-state index in [4.69, 9.17) is 4.74 Å². The first kappa shape index (κ1) is 15.9. The van der Waals surface area contributed by atoms with Gasteiger partial charge in [-0.05, 0) is 44.4 Å². The van der Waals surface area contributed by atoms with E-state index in [9.17, 15) is 9.00 Å². The topological polar surface area (TPSA) is 43.4 Å². The van der Waals surface area contributed by atoms with Gasteiger partial charge in [0.25, 0.3) is 0 Å². The minimum atomic E-state index is -1.13. The van der Waals surface area contributed by atoms with Gasteiger partial charge in [-0.1, -0.05) is 12.1 Å². The number of hydrogen-bond acceptors (Lipinski definition) is 3. The third kappa shape index (κ3) is 4.46. The Balaban J connectivity index is 2.50. The third-order valence-corrected chi connectivity index (χ3v) is 5.06. The van der Waals surface area contributed by atoms with Crippen molar-refractivity contribution in [3.63, 3.8) is 0 Å². The van der Waals surface area contributed by atoms with Crippen LogP contribution in [0.15, 0.2) is 24.3 Å². The predicted molar refractivity (Wildman–Crippen MR) is 79.1 cm³/mol. The minimum absolute atomic E-state index is 0.0660. The molecular weight excluding hydrogens is 260 g/mol. The van der Waals surface area contributed by atoms with Crippen LogP contribution in [0.1, 0.15) is 32.3 Å². The van der Waals surface area contributed by atoms with Crippen molar-refractivity contribution >= 4 is 16.6 Å². The molecule has 0 saturated heterocycles. The van der Waals surface area contributed by atoms with E-state index >= 15 is 0 Å². The maximum Gasteiger partial charge on any atom is 0.150 e. The Labute approximate surface area is 117 Å². The van der Waals surface area contributed by atoms with Gasteiger partial charge in [-0.25, -0.2) is 0 Å². The number of benzene rings is 1. The molecule has 0 N–H and O–H groups in total. The number of aryl methyl sites for hydroxylation is 1. The molecule has 0 bridgehead atoms. The summed E-state index contributed by atoms with van der Waals surface area (Å²) < 4.78 is 15.9. The van der Waals surface area contributed by atoms with E-state index < -0.39 is 15.5 Å². The van der Waals surface area contributed by atoms with Gasteiger partial charge >= 0.3 is 0 Å². The summed E-state index contributed by atoms with van der Waals surface area (Å²) in [5.74, 6) is 0.898. The fourth-order valence-electron chi connectivity index (χ4n) is 1.74. The average Bonchev–Trinajstić information content (AvgIpc) is 2.38. The molecule has 0 saturated carbocycles. The summed E-state index contributed by atoms with van der Waals surface area (Å²) in [4.78, 5) is 12.0. The smallest absolute Gasteiger partial charge is 0.150 e. The Hall–Kier alpha value is -1.16. The van der Waals surface area contributed by atoms with Crippen molar-refractivity contribution < 1.29 is 13.7 Å². The number of methoxy groups -OCH3 is 1. The standard InChI is InChI=1S/C15H22O3S/c1-15(2,19(4)17)14(16)10-6-8-12-7-5-9-13(11-12)18-3/h5,7,9,11H,6,8,10H2,1-4H3. The number of rotatable bonds is 7. The second-order valence-electron chi connectivity index (χ2n) is 5.09. The molecule has 1 rings (SSSR count). The Kier molecular flexibility index (Phi) is 5.73. The molecule has 0 heterocycles. The quantitative estimate of drug-likeness (QED) is 0.772. The van der Waals surface area contributed by atoms with Crippen molar-refractivity contribution in [1.29, 1.82) is 0 Å². The molecule has 0 spiro atoms. The third-order valence-electron chi connectivity index (χ3n) is 3.39. The molecule has 0 radical (unpaired) electrons. The summed E-state index contributed by atoms with van der Waals surface area (Å²) in [6.07, 6.45) is 3.64. The van der Waals surface area contributed by atoms with Gasteiger partial charge in [0.1, 0.15) is 5.75 Å². The SMILES string of the molecule is COc1cccc(CCCC(=O)C(C)(C)S(C)=O)c1. The zero-order valence-corrected chi connectivity index (χ0v) is 12.9. The molecule has 1 atom stereocenters. The molecule has 3 nitrogen and oxygen atoms in total. The molecule has 4 heteroatoms. The van der Waals surface area contributed by atoms with Crippen LogP contribution in [0.3, 0.4) is 0 Å². The molecular formula is C15H22O3S. The molecule has 19 heavy (non-hydrogen) atoms. The van der Waals surface area contributed by atoms with Crippen LogP contribution >= 0.6 is 0 Å². The second-order valence-corrected chi connectivity index (χ2v) is 7.02. The summed E-state index contributed by atoms with van der Waals surface area (Å²) in [5.41, 5.74) is 1.16. The van der Waals surface area contributed by atoms with Crippen LogP contribution in [-0.4, -0.2) is 28.1 Å². The van der Waals surface area contributed by atoms with E-state index in [2.05, 4.69) is 0 Å². The summed E-state index contributed by atoms with van der Waals surface area (Å²) in [6.45, 7) is 3.49. The molecule has 0 aliphatic rings. The van der Waals surface area contributed by atoms with Gasteiger partial charge in [-0.3, -0.25) is 9.00 Å². The second kappa shape index (κ2) is 6.85. The number of Topliss-reactive ketones (excluding diaryl/α,β-unsaturated/α-hetero) is 1. The van der Waals surface area contributed by atoms with Crippen LogP contribution in [0, 0.1) is 0 Å². The van der Waals surface area contributed by atoms with E-state index in [0.717, 1.165) is 24.2 Å². The molecule has 1 aromatic carbocycles. The summed E-state index contributed by atoms with van der Waals surface area (Å²) in [5, 5.41) is 0. The lowest BCUT2D eigenvalue weighted by atomic mass is 10.0. The highest BCUT2D eigenvalue weighted by atomic mass is 32.2. The number of ketones is 1. The van der Waals surface area contributed by atoms with E-state index in [0.29, 0.717) is 6.42 Å². The van der Waals surface area contributed by atoms with Crippen molar-refractivity contribution in [1.82, 2.24) is 0 Å². The highest BCUT2D eigenvalue weighted by molar-refractivity contribution is 7.86. The van der Waals surface area contributed by atoms with Gasteiger partial charge in [0, 0.05) is 23.5 Å². The van der Waals surface area contributed by atoms with Gasteiger partial charge in [0.15, 0.2) is 5.78 Å². The van der Waals surface area contributed by atoms with E-state index in [1.165, 1.54) is 0 Å². The maximum absolute atomic E-state index is 12.0. The average molecular weight is 282 g/mol. The van der Waals surface area contributed by atoms with Gasteiger partial charge in [-0.2, -0.15) is 0 Å². The van der Waals surface area contributed by atoms with Crippen molar-refractivity contribution in [2.24, 2.45) is 0 Å². The van der Waals surface area contributed by atoms with E-state index in [1.54, 1.807) is 27.2 Å². The Morgan fingerprint density at radius 3 is 2.63 bits per heavy atom. The monoisotopic (exact) mass is 282 g/mol. The normalized spacial score (nSPS) is 13.1. The number of carbonyl (C=O) groups is 1. The highest BCUT2D eigenvalue weighted by Gasteiger charge is 2.30. The lowest BCUT2D eigenvalue weighted by Gasteiger charge is -2.19. The zero-order chi connectivity index (χ0) is 14.5. The van der Waals surface area contributed by atoms with Crippen LogP contribution in [0.5, 0.6) is 5.75 Å². The van der Waals surface area contributed by atoms with Gasteiger partial charge in [-0.15, -0.1) is 0 Å². The largest absolute Gasteiger partial charge is 0.497 e. The number of carbonyl (C=O) groups excluding carboxylic acids is 1. The number of ether oxygens (including phenoxy) is 1. The van der Waals surface area contributed by atoms with Gasteiger partial charge in [0.05, 0.1) is 11.9 Å².